The Kier molecular flexibility index (Phi) is 3.54. The van der Waals surface area contributed by atoms with Crippen molar-refractivity contribution >= 4 is 17.1 Å². The number of Topliss-reactive ketones (excluding diaryl/α,β-unsaturated/α-hetero) is 1. The predicted octanol–water partition coefficient (Wildman–Crippen LogP) is 2.49. The number of hydrogen-bond acceptors (Lipinski definition) is 3. The van der Waals surface area contributed by atoms with E-state index < -0.39 is 0 Å². The maximum Gasteiger partial charge on any atom is 0.189 e. The summed E-state index contributed by atoms with van der Waals surface area (Å²) >= 11 is 1.63. The Morgan fingerprint density at radius 3 is 3.00 bits per heavy atom. The van der Waals surface area contributed by atoms with E-state index in [4.69, 9.17) is 4.74 Å². The molecule has 4 heteroatoms. The van der Waals surface area contributed by atoms with Crippen molar-refractivity contribution in [1.82, 2.24) is 4.57 Å². The van der Waals surface area contributed by atoms with Gasteiger partial charge >= 0.3 is 0 Å². The summed E-state index contributed by atoms with van der Waals surface area (Å²) in [7, 11) is 1.89. The van der Waals surface area contributed by atoms with Crippen LogP contribution in [0.5, 0.6) is 0 Å². The molecule has 0 fully saturated rings. The van der Waals surface area contributed by atoms with E-state index in [2.05, 4.69) is 0 Å². The third kappa shape index (κ3) is 2.81. The molecule has 0 spiro atoms. The molecule has 0 atom stereocenters. The number of thiophene rings is 1. The third-order valence-corrected chi connectivity index (χ3v) is 3.06. The van der Waals surface area contributed by atoms with Gasteiger partial charge in [-0.15, -0.1) is 11.3 Å². The predicted molar refractivity (Wildman–Crippen MR) is 63.7 cm³/mol. The number of ketones is 1. The first kappa shape index (κ1) is 11.1. The van der Waals surface area contributed by atoms with Gasteiger partial charge in [0.2, 0.25) is 0 Å². The molecule has 0 aliphatic rings. The fraction of sp³-hybridized carbons (Fsp3) is 0.250. The molecule has 0 aliphatic heterocycles. The first-order valence-corrected chi connectivity index (χ1v) is 5.89. The van der Waals surface area contributed by atoms with E-state index in [1.807, 2.05) is 35.3 Å². The molecule has 2 aromatic rings. The zero-order valence-corrected chi connectivity index (χ0v) is 9.87. The summed E-state index contributed by atoms with van der Waals surface area (Å²) in [6.45, 7) is 0.651. The maximum atomic E-state index is 11.7. The van der Waals surface area contributed by atoms with Gasteiger partial charge in [0, 0.05) is 29.9 Å². The van der Waals surface area contributed by atoms with Gasteiger partial charge in [-0.3, -0.25) is 4.79 Å². The van der Waals surface area contributed by atoms with Crippen molar-refractivity contribution < 1.29 is 9.53 Å². The number of aromatic nitrogens is 1. The molecule has 84 valence electrons. The Bertz CT molecular complexity index is 459. The van der Waals surface area contributed by atoms with Crippen LogP contribution in [-0.4, -0.2) is 17.0 Å². The highest BCUT2D eigenvalue weighted by atomic mass is 32.1. The number of hydrogen-bond donors (Lipinski definition) is 0. The second-order valence-corrected chi connectivity index (χ2v) is 4.59. The minimum Gasteiger partial charge on any atom is -0.368 e. The van der Waals surface area contributed by atoms with Crippen LogP contribution < -0.4 is 0 Å². The van der Waals surface area contributed by atoms with E-state index in [9.17, 15) is 4.79 Å². The van der Waals surface area contributed by atoms with Gasteiger partial charge in [-0.1, -0.05) is 6.07 Å². The van der Waals surface area contributed by atoms with Crippen LogP contribution in [0.25, 0.3) is 0 Å². The molecule has 0 aromatic carbocycles. The van der Waals surface area contributed by atoms with Gasteiger partial charge in [0.15, 0.2) is 5.78 Å². The normalized spacial score (nSPS) is 10.6. The molecule has 2 rings (SSSR count). The van der Waals surface area contributed by atoms with E-state index in [1.165, 1.54) is 0 Å². The lowest BCUT2D eigenvalue weighted by Gasteiger charge is -2.00. The molecule has 0 bridgehead atoms. The van der Waals surface area contributed by atoms with Crippen LogP contribution in [0.2, 0.25) is 0 Å². The lowest BCUT2D eigenvalue weighted by molar-refractivity contribution is 0.0731. The summed E-state index contributed by atoms with van der Waals surface area (Å²) < 4.78 is 7.21. The average molecular weight is 235 g/mol. The Hall–Kier alpha value is -1.39. The van der Waals surface area contributed by atoms with Gasteiger partial charge in [-0.2, -0.15) is 0 Å². The lowest BCUT2D eigenvalue weighted by Crippen LogP contribution is -2.07. The van der Waals surface area contributed by atoms with Crippen molar-refractivity contribution in [3.8, 4) is 0 Å². The van der Waals surface area contributed by atoms with Crippen molar-refractivity contribution in [2.75, 3.05) is 6.61 Å². The Morgan fingerprint density at radius 2 is 2.38 bits per heavy atom. The van der Waals surface area contributed by atoms with Gasteiger partial charge in [0.05, 0.1) is 6.61 Å². The molecule has 2 heterocycles. The minimum atomic E-state index is 0.0251. The molecule has 0 aliphatic carbocycles. The van der Waals surface area contributed by atoms with Gasteiger partial charge in [0.25, 0.3) is 0 Å². The summed E-state index contributed by atoms with van der Waals surface area (Å²) in [6.07, 6.45) is 3.66. The van der Waals surface area contributed by atoms with Crippen LogP contribution in [0.15, 0.2) is 36.0 Å². The lowest BCUT2D eigenvalue weighted by atomic mass is 10.2. The minimum absolute atomic E-state index is 0.0251. The molecule has 0 amide bonds. The van der Waals surface area contributed by atoms with Gasteiger partial charge in [-0.25, -0.2) is 0 Å². The first-order chi connectivity index (χ1) is 7.75. The Labute approximate surface area is 98.3 Å². The van der Waals surface area contributed by atoms with E-state index in [0.29, 0.717) is 12.2 Å². The van der Waals surface area contributed by atoms with Crippen LogP contribution in [0, 0.1) is 0 Å². The molecule has 2 aromatic heterocycles. The second kappa shape index (κ2) is 5.09. The fourth-order valence-corrected chi connectivity index (χ4v) is 2.03. The van der Waals surface area contributed by atoms with Crippen LogP contribution in [0.1, 0.15) is 15.2 Å². The standard InChI is InChI=1S/C12H13NO2S/c1-13-5-4-10(7-13)12(14)9-15-8-11-3-2-6-16-11/h2-7H,8-9H2,1H3. The molecular weight excluding hydrogens is 222 g/mol. The summed E-state index contributed by atoms with van der Waals surface area (Å²) in [5.41, 5.74) is 0.702. The number of aryl methyl sites for hydroxylation is 1. The van der Waals surface area contributed by atoms with Gasteiger partial charge in [0.1, 0.15) is 6.61 Å². The zero-order chi connectivity index (χ0) is 11.4. The number of carbonyl (C=O) groups excluding carboxylic acids is 1. The average Bonchev–Trinajstić information content (AvgIpc) is 2.89. The quantitative estimate of drug-likeness (QED) is 0.745. The van der Waals surface area contributed by atoms with Crippen LogP contribution in [-0.2, 0) is 18.4 Å². The third-order valence-electron chi connectivity index (χ3n) is 2.21. The molecule has 0 radical (unpaired) electrons. The molecule has 0 N–H and O–H groups in total. The largest absolute Gasteiger partial charge is 0.368 e. The van der Waals surface area contributed by atoms with E-state index >= 15 is 0 Å². The van der Waals surface area contributed by atoms with Crippen molar-refractivity contribution in [1.29, 1.82) is 0 Å². The zero-order valence-electron chi connectivity index (χ0n) is 9.05. The number of carbonyl (C=O) groups is 1. The van der Waals surface area contributed by atoms with E-state index in [1.54, 1.807) is 23.6 Å². The van der Waals surface area contributed by atoms with E-state index in [0.717, 1.165) is 4.88 Å². The summed E-state index contributed by atoms with van der Waals surface area (Å²) in [4.78, 5) is 12.8. The first-order valence-electron chi connectivity index (χ1n) is 5.01. The van der Waals surface area contributed by atoms with E-state index in [-0.39, 0.29) is 12.4 Å². The molecule has 0 unspecified atom stereocenters. The Morgan fingerprint density at radius 1 is 1.50 bits per heavy atom. The van der Waals surface area contributed by atoms with Gasteiger partial charge in [-0.05, 0) is 17.5 Å². The maximum absolute atomic E-state index is 11.7. The van der Waals surface area contributed by atoms with Crippen LogP contribution in [0.4, 0.5) is 0 Å². The second-order valence-electron chi connectivity index (χ2n) is 3.56. The highest BCUT2D eigenvalue weighted by Crippen LogP contribution is 2.10. The summed E-state index contributed by atoms with van der Waals surface area (Å²) in [5.74, 6) is 0.0251. The molecule has 0 saturated carbocycles. The molecule has 3 nitrogen and oxygen atoms in total. The van der Waals surface area contributed by atoms with Crippen LogP contribution in [0.3, 0.4) is 0 Å². The van der Waals surface area contributed by atoms with Gasteiger partial charge < -0.3 is 9.30 Å². The van der Waals surface area contributed by atoms with Crippen molar-refractivity contribution in [3.63, 3.8) is 0 Å². The number of nitrogens with zero attached hydrogens (tertiary/aromatic N) is 1. The van der Waals surface area contributed by atoms with Crippen LogP contribution >= 0.6 is 11.3 Å². The van der Waals surface area contributed by atoms with Crippen molar-refractivity contribution in [3.05, 3.63) is 46.4 Å². The summed E-state index contributed by atoms with van der Waals surface area (Å²) in [6, 6.07) is 5.77. The SMILES string of the molecule is Cn1ccc(C(=O)COCc2cccs2)c1. The number of ether oxygens (including phenoxy) is 1. The highest BCUT2D eigenvalue weighted by Gasteiger charge is 2.07. The van der Waals surface area contributed by atoms with Crippen molar-refractivity contribution in [2.45, 2.75) is 6.61 Å². The Balaban J connectivity index is 1.80. The molecule has 0 saturated heterocycles. The summed E-state index contributed by atoms with van der Waals surface area (Å²) in [5, 5.41) is 2.00. The van der Waals surface area contributed by atoms with Crippen molar-refractivity contribution in [2.24, 2.45) is 7.05 Å². The number of rotatable bonds is 5. The highest BCUT2D eigenvalue weighted by molar-refractivity contribution is 7.09. The molecular formula is C12H13NO2S. The topological polar surface area (TPSA) is 31.2 Å². The smallest absolute Gasteiger partial charge is 0.189 e. The molecule has 16 heavy (non-hydrogen) atoms. The fourth-order valence-electron chi connectivity index (χ4n) is 1.39. The monoisotopic (exact) mass is 235 g/mol.